The molecule has 4 heteroatoms. The maximum Gasteiger partial charge on any atom is 0.325 e. The Morgan fingerprint density at radius 1 is 1.38 bits per heavy atom. The van der Waals surface area contributed by atoms with Crippen molar-refractivity contribution in [1.82, 2.24) is 4.57 Å². The summed E-state index contributed by atoms with van der Waals surface area (Å²) in [6, 6.07) is 4.95. The highest BCUT2D eigenvalue weighted by Crippen LogP contribution is 1.97. The summed E-state index contributed by atoms with van der Waals surface area (Å²) in [4.78, 5) is 22.4. The van der Waals surface area contributed by atoms with E-state index >= 15 is 0 Å². The summed E-state index contributed by atoms with van der Waals surface area (Å²) >= 11 is 0. The average molecular weight is 225 g/mol. The minimum atomic E-state index is -0.409. The first-order chi connectivity index (χ1) is 7.69. The number of nitrogens with zero attached hydrogens (tertiary/aromatic N) is 1. The Kier molecular flexibility index (Phi) is 6.92. The molecule has 1 rings (SSSR count). The first-order valence-electron chi connectivity index (χ1n) is 5.44. The van der Waals surface area contributed by atoms with Crippen LogP contribution < -0.4 is 5.56 Å². The van der Waals surface area contributed by atoms with Crippen molar-refractivity contribution in [2.45, 2.75) is 33.7 Å². The van der Waals surface area contributed by atoms with Gasteiger partial charge in [0.1, 0.15) is 6.54 Å². The number of hydrogen-bond acceptors (Lipinski definition) is 3. The summed E-state index contributed by atoms with van der Waals surface area (Å²) in [7, 11) is 1.31. The number of hydrogen-bond donors (Lipinski definition) is 0. The highest BCUT2D eigenvalue weighted by molar-refractivity contribution is 5.69. The van der Waals surface area contributed by atoms with Crippen LogP contribution in [0.25, 0.3) is 0 Å². The number of ether oxygens (including phenoxy) is 1. The molecule has 4 nitrogen and oxygen atoms in total. The predicted molar refractivity (Wildman–Crippen MR) is 63.4 cm³/mol. The fraction of sp³-hybridized carbons (Fsp3) is 0.500. The van der Waals surface area contributed by atoms with E-state index in [9.17, 15) is 9.59 Å². The van der Waals surface area contributed by atoms with Crippen LogP contribution in [0.15, 0.2) is 23.0 Å². The molecule has 0 aliphatic carbocycles. The average Bonchev–Trinajstić information content (AvgIpc) is 2.34. The highest BCUT2D eigenvalue weighted by atomic mass is 16.5. The lowest BCUT2D eigenvalue weighted by molar-refractivity contribution is -0.141. The molecule has 0 N–H and O–H groups in total. The summed E-state index contributed by atoms with van der Waals surface area (Å²) in [5.74, 6) is -0.409. The lowest BCUT2D eigenvalue weighted by Crippen LogP contribution is -2.26. The van der Waals surface area contributed by atoms with Crippen LogP contribution in [0.3, 0.4) is 0 Å². The number of aromatic nitrogens is 1. The summed E-state index contributed by atoms with van der Waals surface area (Å²) in [5.41, 5.74) is 0.664. The van der Waals surface area contributed by atoms with Crippen LogP contribution in [0, 0.1) is 0 Å². The Morgan fingerprint density at radius 2 is 2.00 bits per heavy atom. The maximum atomic E-state index is 11.4. The van der Waals surface area contributed by atoms with E-state index in [-0.39, 0.29) is 12.1 Å². The molecular weight excluding hydrogens is 206 g/mol. The largest absolute Gasteiger partial charge is 0.468 e. The molecule has 0 aliphatic rings. The molecule has 0 saturated carbocycles. The second-order valence-corrected chi connectivity index (χ2v) is 2.87. The highest BCUT2D eigenvalue weighted by Gasteiger charge is 2.06. The van der Waals surface area contributed by atoms with Gasteiger partial charge in [-0.05, 0) is 12.5 Å². The molecule has 0 amide bonds. The van der Waals surface area contributed by atoms with Gasteiger partial charge in [-0.15, -0.1) is 0 Å². The van der Waals surface area contributed by atoms with Gasteiger partial charge in [0.05, 0.1) is 7.11 Å². The van der Waals surface area contributed by atoms with E-state index in [1.165, 1.54) is 17.7 Å². The van der Waals surface area contributed by atoms with Gasteiger partial charge in [0.2, 0.25) is 0 Å². The zero-order valence-corrected chi connectivity index (χ0v) is 10.3. The van der Waals surface area contributed by atoms with Gasteiger partial charge in [-0.1, -0.05) is 26.8 Å². The fourth-order valence-corrected chi connectivity index (χ4v) is 1.24. The molecule has 1 heterocycles. The van der Waals surface area contributed by atoms with E-state index in [0.717, 1.165) is 5.69 Å². The second-order valence-electron chi connectivity index (χ2n) is 2.87. The van der Waals surface area contributed by atoms with Crippen LogP contribution in [0.1, 0.15) is 26.5 Å². The zero-order valence-electron chi connectivity index (χ0n) is 10.3. The molecule has 0 saturated heterocycles. The van der Waals surface area contributed by atoms with Gasteiger partial charge < -0.3 is 9.30 Å². The molecule has 0 radical (unpaired) electrons. The quantitative estimate of drug-likeness (QED) is 0.734. The zero-order chi connectivity index (χ0) is 12.6. The van der Waals surface area contributed by atoms with Gasteiger partial charge in [0.15, 0.2) is 0 Å². The van der Waals surface area contributed by atoms with E-state index in [1.54, 1.807) is 6.07 Å². The third kappa shape index (κ3) is 3.88. The summed E-state index contributed by atoms with van der Waals surface area (Å²) < 4.78 is 5.93. The Morgan fingerprint density at radius 3 is 2.50 bits per heavy atom. The summed E-state index contributed by atoms with van der Waals surface area (Å²) in [6.07, 6.45) is 0.715. The number of rotatable bonds is 3. The summed E-state index contributed by atoms with van der Waals surface area (Å²) in [6.45, 7) is 5.92. The van der Waals surface area contributed by atoms with Gasteiger partial charge in [0.25, 0.3) is 5.56 Å². The molecule has 1 aromatic heterocycles. The predicted octanol–water partition coefficient (Wildman–Crippen LogP) is 1.61. The standard InChI is InChI=1S/C10H13NO3.C2H6/c1-3-8-5-4-6-9(12)11(8)7-10(13)14-2;1-2/h4-6H,3,7H2,1-2H3;1-2H3. The molecule has 0 aromatic carbocycles. The lowest BCUT2D eigenvalue weighted by Gasteiger charge is -2.08. The van der Waals surface area contributed by atoms with E-state index < -0.39 is 5.97 Å². The number of pyridine rings is 1. The van der Waals surface area contributed by atoms with Crippen LogP contribution in [0.2, 0.25) is 0 Å². The minimum Gasteiger partial charge on any atom is -0.468 e. The number of carbonyl (C=O) groups is 1. The smallest absolute Gasteiger partial charge is 0.325 e. The molecule has 16 heavy (non-hydrogen) atoms. The van der Waals surface area contributed by atoms with Crippen LogP contribution in [0.5, 0.6) is 0 Å². The van der Waals surface area contributed by atoms with Gasteiger partial charge in [0, 0.05) is 11.8 Å². The van der Waals surface area contributed by atoms with Crippen molar-refractivity contribution < 1.29 is 9.53 Å². The number of carbonyl (C=O) groups excluding carboxylic acids is 1. The molecule has 0 fully saturated rings. The molecule has 0 aliphatic heterocycles. The Labute approximate surface area is 95.9 Å². The van der Waals surface area contributed by atoms with Crippen LogP contribution in [-0.4, -0.2) is 17.6 Å². The van der Waals surface area contributed by atoms with Crippen molar-refractivity contribution in [2.75, 3.05) is 7.11 Å². The summed E-state index contributed by atoms with van der Waals surface area (Å²) in [5, 5.41) is 0. The van der Waals surface area contributed by atoms with E-state index in [1.807, 2.05) is 26.8 Å². The van der Waals surface area contributed by atoms with Crippen LogP contribution >= 0.6 is 0 Å². The topological polar surface area (TPSA) is 48.3 Å². The van der Waals surface area contributed by atoms with Crippen LogP contribution in [0.4, 0.5) is 0 Å². The molecular formula is C12H19NO3. The van der Waals surface area contributed by atoms with Gasteiger partial charge in [-0.2, -0.15) is 0 Å². The van der Waals surface area contributed by atoms with E-state index in [0.29, 0.717) is 6.42 Å². The normalized spacial score (nSPS) is 9.00. The number of aryl methyl sites for hydroxylation is 1. The van der Waals surface area contributed by atoms with Crippen molar-refractivity contribution >= 4 is 5.97 Å². The fourth-order valence-electron chi connectivity index (χ4n) is 1.24. The van der Waals surface area contributed by atoms with Crippen molar-refractivity contribution in [3.8, 4) is 0 Å². The maximum absolute atomic E-state index is 11.4. The SMILES string of the molecule is CC.CCc1cccc(=O)n1CC(=O)OC. The first-order valence-corrected chi connectivity index (χ1v) is 5.44. The Bertz CT molecular complexity index is 382. The third-order valence-corrected chi connectivity index (χ3v) is 2.02. The molecule has 0 spiro atoms. The second kappa shape index (κ2) is 7.68. The lowest BCUT2D eigenvalue weighted by atomic mass is 10.3. The Balaban J connectivity index is 0.00000106. The molecule has 0 atom stereocenters. The van der Waals surface area contributed by atoms with E-state index in [2.05, 4.69) is 4.74 Å². The van der Waals surface area contributed by atoms with Crippen molar-refractivity contribution in [1.29, 1.82) is 0 Å². The number of methoxy groups -OCH3 is 1. The third-order valence-electron chi connectivity index (χ3n) is 2.02. The van der Waals surface area contributed by atoms with Gasteiger partial charge in [-0.25, -0.2) is 0 Å². The first kappa shape index (κ1) is 14.4. The van der Waals surface area contributed by atoms with Crippen molar-refractivity contribution in [2.24, 2.45) is 0 Å². The Hall–Kier alpha value is -1.58. The van der Waals surface area contributed by atoms with Crippen LogP contribution in [-0.2, 0) is 22.5 Å². The monoisotopic (exact) mass is 225 g/mol. The van der Waals surface area contributed by atoms with Gasteiger partial charge in [-0.3, -0.25) is 9.59 Å². The molecule has 90 valence electrons. The van der Waals surface area contributed by atoms with Crippen molar-refractivity contribution in [3.63, 3.8) is 0 Å². The van der Waals surface area contributed by atoms with Gasteiger partial charge >= 0.3 is 5.97 Å². The molecule has 0 unspecified atom stereocenters. The molecule has 1 aromatic rings. The minimum absolute atomic E-state index is 0.0145. The number of esters is 1. The van der Waals surface area contributed by atoms with Crippen molar-refractivity contribution in [3.05, 3.63) is 34.2 Å². The molecule has 0 bridgehead atoms. The van der Waals surface area contributed by atoms with E-state index in [4.69, 9.17) is 0 Å².